The molecule has 0 spiro atoms. The van der Waals surface area contributed by atoms with Crippen LogP contribution in [0, 0.1) is 0 Å². The van der Waals surface area contributed by atoms with Gasteiger partial charge in [0.15, 0.2) is 0 Å². The Balaban J connectivity index is 2.05. The molecule has 0 atom stereocenters. The minimum atomic E-state index is -1.16. The average Bonchev–Trinajstić information content (AvgIpc) is 2.86. The number of aromatic nitrogens is 6. The quantitative estimate of drug-likeness (QED) is 0.681. The Morgan fingerprint density at radius 1 is 1.53 bits per heavy atom. The maximum absolute atomic E-state index is 10.6. The molecule has 78 valence electrons. The summed E-state index contributed by atoms with van der Waals surface area (Å²) in [6, 6.07) is 0. The third-order valence-corrected chi connectivity index (χ3v) is 1.73. The van der Waals surface area contributed by atoms with Crippen molar-refractivity contribution in [1.82, 2.24) is 30.5 Å². The second kappa shape index (κ2) is 3.82. The van der Waals surface area contributed by atoms with Crippen LogP contribution in [0.2, 0.25) is 0 Å². The molecule has 0 radical (unpaired) electrons. The highest BCUT2D eigenvalue weighted by Crippen LogP contribution is 2.04. The van der Waals surface area contributed by atoms with Crippen LogP contribution in [0.5, 0.6) is 0 Å². The molecule has 0 aromatic carbocycles. The van der Waals surface area contributed by atoms with Crippen molar-refractivity contribution in [3.05, 3.63) is 17.7 Å². The van der Waals surface area contributed by atoms with E-state index in [1.807, 2.05) is 0 Å². The van der Waals surface area contributed by atoms with E-state index in [0.29, 0.717) is 13.0 Å². The largest absolute Gasteiger partial charge is 0.476 e. The van der Waals surface area contributed by atoms with Crippen molar-refractivity contribution in [2.75, 3.05) is 0 Å². The van der Waals surface area contributed by atoms with Gasteiger partial charge in [0.2, 0.25) is 5.69 Å². The molecular formula is C6H6N6O3. The lowest BCUT2D eigenvalue weighted by molar-refractivity contribution is 0.0684. The van der Waals surface area contributed by atoms with Gasteiger partial charge in [0, 0.05) is 6.42 Å². The van der Waals surface area contributed by atoms with Crippen LogP contribution >= 0.6 is 0 Å². The summed E-state index contributed by atoms with van der Waals surface area (Å²) in [6.07, 6.45) is 1.77. The molecule has 0 unspecified atom stereocenters. The van der Waals surface area contributed by atoms with E-state index < -0.39 is 5.97 Å². The van der Waals surface area contributed by atoms with Crippen LogP contribution in [-0.2, 0) is 13.0 Å². The van der Waals surface area contributed by atoms with Crippen molar-refractivity contribution in [3.8, 4) is 0 Å². The van der Waals surface area contributed by atoms with Crippen LogP contribution in [0.1, 0.15) is 16.2 Å². The topological polar surface area (TPSA) is 120 Å². The van der Waals surface area contributed by atoms with Gasteiger partial charge < -0.3 is 5.11 Å². The summed E-state index contributed by atoms with van der Waals surface area (Å²) in [6.45, 7) is 0.418. The Labute approximate surface area is 82.7 Å². The van der Waals surface area contributed by atoms with Crippen LogP contribution in [0.4, 0.5) is 0 Å². The summed E-state index contributed by atoms with van der Waals surface area (Å²) >= 11 is 0. The molecule has 2 aromatic rings. The number of aryl methyl sites for hydroxylation is 2. The zero-order chi connectivity index (χ0) is 10.7. The molecule has 0 aliphatic heterocycles. The van der Waals surface area contributed by atoms with E-state index in [1.54, 1.807) is 0 Å². The second-order valence-corrected chi connectivity index (χ2v) is 2.69. The van der Waals surface area contributed by atoms with Gasteiger partial charge in [0.05, 0.1) is 6.54 Å². The summed E-state index contributed by atoms with van der Waals surface area (Å²) in [5.41, 5.74) is 0.0982. The standard InChI is InChI=1S/C6H6N6O3/c13-6(14)5-4(8-15-9-5)1-2-12-3-7-10-11-12/h3H,1-2H2,(H,13,14). The van der Waals surface area contributed by atoms with E-state index in [4.69, 9.17) is 5.11 Å². The van der Waals surface area contributed by atoms with Crippen LogP contribution in [0.25, 0.3) is 0 Å². The lowest BCUT2D eigenvalue weighted by Gasteiger charge is -1.95. The van der Waals surface area contributed by atoms with Crippen molar-refractivity contribution in [3.63, 3.8) is 0 Å². The fraction of sp³-hybridized carbons (Fsp3) is 0.333. The predicted molar refractivity (Wildman–Crippen MR) is 42.8 cm³/mol. The van der Waals surface area contributed by atoms with E-state index in [0.717, 1.165) is 0 Å². The number of aromatic carboxylic acids is 1. The number of hydrogen-bond donors (Lipinski definition) is 1. The summed E-state index contributed by atoms with van der Waals surface area (Å²) in [5.74, 6) is -1.16. The van der Waals surface area contributed by atoms with Crippen LogP contribution in [0.3, 0.4) is 0 Å². The zero-order valence-corrected chi connectivity index (χ0v) is 7.44. The lowest BCUT2D eigenvalue weighted by Crippen LogP contribution is -2.07. The summed E-state index contributed by atoms with van der Waals surface area (Å²) < 4.78 is 5.79. The van der Waals surface area contributed by atoms with Crippen molar-refractivity contribution in [2.24, 2.45) is 0 Å². The molecule has 2 rings (SSSR count). The number of tetrazole rings is 1. The Bertz CT molecular complexity index is 449. The Morgan fingerprint density at radius 3 is 3.07 bits per heavy atom. The molecule has 15 heavy (non-hydrogen) atoms. The molecule has 9 nitrogen and oxygen atoms in total. The average molecular weight is 210 g/mol. The SMILES string of the molecule is O=C(O)c1nonc1CCn1cnnn1. The molecule has 0 aliphatic carbocycles. The molecule has 0 saturated heterocycles. The maximum atomic E-state index is 10.6. The van der Waals surface area contributed by atoms with Crippen molar-refractivity contribution in [2.45, 2.75) is 13.0 Å². The van der Waals surface area contributed by atoms with Gasteiger partial charge in [-0.1, -0.05) is 5.16 Å². The second-order valence-electron chi connectivity index (χ2n) is 2.69. The minimum absolute atomic E-state index is 0.178. The third-order valence-electron chi connectivity index (χ3n) is 1.73. The molecule has 0 saturated carbocycles. The monoisotopic (exact) mass is 210 g/mol. The fourth-order valence-corrected chi connectivity index (χ4v) is 1.04. The van der Waals surface area contributed by atoms with Gasteiger partial charge in [-0.25, -0.2) is 14.1 Å². The highest BCUT2D eigenvalue weighted by atomic mass is 16.6. The molecular weight excluding hydrogens is 204 g/mol. The number of carboxylic acid groups (broad SMARTS) is 1. The first kappa shape index (κ1) is 9.24. The summed E-state index contributed by atoms with van der Waals surface area (Å²) in [7, 11) is 0. The minimum Gasteiger partial charge on any atom is -0.476 e. The van der Waals surface area contributed by atoms with Crippen LogP contribution in [-0.4, -0.2) is 41.6 Å². The molecule has 0 bridgehead atoms. The first-order chi connectivity index (χ1) is 7.27. The smallest absolute Gasteiger partial charge is 0.360 e. The number of nitrogens with zero attached hydrogens (tertiary/aromatic N) is 6. The number of carboxylic acids is 1. The van der Waals surface area contributed by atoms with Crippen LogP contribution in [0.15, 0.2) is 11.0 Å². The highest BCUT2D eigenvalue weighted by Gasteiger charge is 2.16. The maximum Gasteiger partial charge on any atom is 0.360 e. The first-order valence-corrected chi connectivity index (χ1v) is 4.03. The predicted octanol–water partition coefficient (Wildman–Crippen LogP) is -1.00. The lowest BCUT2D eigenvalue weighted by atomic mass is 10.2. The van der Waals surface area contributed by atoms with Gasteiger partial charge in [-0.2, -0.15) is 0 Å². The van der Waals surface area contributed by atoms with Gasteiger partial charge in [-0.3, -0.25) is 0 Å². The fourth-order valence-electron chi connectivity index (χ4n) is 1.04. The number of hydrogen-bond acceptors (Lipinski definition) is 7. The van der Waals surface area contributed by atoms with Gasteiger partial charge in [-0.05, 0) is 15.6 Å². The van der Waals surface area contributed by atoms with Gasteiger partial charge in [-0.15, -0.1) is 5.10 Å². The van der Waals surface area contributed by atoms with E-state index in [2.05, 4.69) is 30.5 Å². The Kier molecular flexibility index (Phi) is 2.35. The summed E-state index contributed by atoms with van der Waals surface area (Å²) in [4.78, 5) is 10.6. The molecule has 0 aliphatic rings. The van der Waals surface area contributed by atoms with Gasteiger partial charge in [0.25, 0.3) is 0 Å². The molecule has 0 amide bonds. The van der Waals surface area contributed by atoms with Gasteiger partial charge in [0.1, 0.15) is 12.0 Å². The Hall–Kier alpha value is -2.32. The Morgan fingerprint density at radius 2 is 2.40 bits per heavy atom. The zero-order valence-electron chi connectivity index (χ0n) is 7.44. The van der Waals surface area contributed by atoms with E-state index in [1.165, 1.54) is 11.0 Å². The van der Waals surface area contributed by atoms with Crippen molar-refractivity contribution in [1.29, 1.82) is 0 Å². The summed E-state index contributed by atoms with van der Waals surface area (Å²) in [5, 5.41) is 26.0. The molecule has 2 aromatic heterocycles. The third kappa shape index (κ3) is 1.95. The van der Waals surface area contributed by atoms with E-state index >= 15 is 0 Å². The molecule has 0 fully saturated rings. The first-order valence-electron chi connectivity index (χ1n) is 4.03. The van der Waals surface area contributed by atoms with Gasteiger partial charge >= 0.3 is 5.97 Å². The van der Waals surface area contributed by atoms with E-state index in [9.17, 15) is 4.79 Å². The van der Waals surface area contributed by atoms with Crippen molar-refractivity contribution >= 4 is 5.97 Å². The molecule has 9 heteroatoms. The highest BCUT2D eigenvalue weighted by molar-refractivity contribution is 5.86. The molecule has 1 N–H and O–H groups in total. The van der Waals surface area contributed by atoms with E-state index in [-0.39, 0.29) is 11.4 Å². The van der Waals surface area contributed by atoms with Crippen molar-refractivity contribution < 1.29 is 14.5 Å². The molecule has 2 heterocycles. The number of rotatable bonds is 4. The number of carbonyl (C=O) groups is 1. The normalized spacial score (nSPS) is 10.4. The van der Waals surface area contributed by atoms with Crippen LogP contribution < -0.4 is 0 Å².